The number of nitrogens with two attached hydrogens (primary N) is 1. The molecule has 1 aromatic heterocycles. The number of nitrogens with zero attached hydrogens (tertiary/aromatic N) is 2. The van der Waals surface area contributed by atoms with Crippen LogP contribution in [0.5, 0.6) is 0 Å². The Morgan fingerprint density at radius 2 is 1.94 bits per heavy atom. The highest BCUT2D eigenvalue weighted by atomic mass is 15.1. The minimum atomic E-state index is 0.180. The number of allylic oxidation sites excluding steroid dienone is 6. The fraction of sp³-hybridized carbons (Fsp3) is 0.267. The summed E-state index contributed by atoms with van der Waals surface area (Å²) in [6.45, 7) is 14.9. The van der Waals surface area contributed by atoms with Crippen LogP contribution in [-0.4, -0.2) is 29.3 Å². The average molecular weight is 468 g/mol. The van der Waals surface area contributed by atoms with Gasteiger partial charge in [0.2, 0.25) is 0 Å². The first-order chi connectivity index (χ1) is 16.8. The number of rotatable bonds is 10. The highest BCUT2D eigenvalue weighted by molar-refractivity contribution is 5.79. The van der Waals surface area contributed by atoms with Gasteiger partial charge in [0.05, 0.1) is 5.84 Å². The highest BCUT2D eigenvalue weighted by Gasteiger charge is 2.18. The number of benzene rings is 1. The number of pyridine rings is 1. The average Bonchev–Trinajstić information content (AvgIpc) is 2.83. The predicted octanol–water partition coefficient (Wildman–Crippen LogP) is 5.62. The molecule has 0 fully saturated rings. The first kappa shape index (κ1) is 25.9. The van der Waals surface area contributed by atoms with Crippen LogP contribution in [0.4, 0.5) is 0 Å². The second kappa shape index (κ2) is 12.1. The van der Waals surface area contributed by atoms with Gasteiger partial charge in [0.1, 0.15) is 0 Å². The molecule has 0 radical (unpaired) electrons. The number of hydrogen-bond acceptors (Lipinski definition) is 4. The zero-order valence-corrected chi connectivity index (χ0v) is 21.2. The molecule has 5 nitrogen and oxygen atoms in total. The molecule has 35 heavy (non-hydrogen) atoms. The SMILES string of the molecule is C=C\C(=C/C=C(C)/C=C(/C)CC(=N)N)c1cnc2c(c1)CN(Cc1ccc(C(=C)NC)cc1)CC2. The molecular formula is C30H37N5. The molecular weight excluding hydrogens is 430 g/mol. The molecule has 0 aliphatic carbocycles. The van der Waals surface area contributed by atoms with Crippen molar-refractivity contribution in [2.75, 3.05) is 13.6 Å². The van der Waals surface area contributed by atoms with Gasteiger partial charge in [-0.2, -0.15) is 0 Å². The quantitative estimate of drug-likeness (QED) is 0.241. The monoisotopic (exact) mass is 467 g/mol. The molecule has 0 amide bonds. The van der Waals surface area contributed by atoms with Gasteiger partial charge in [-0.25, -0.2) is 0 Å². The summed E-state index contributed by atoms with van der Waals surface area (Å²) in [5, 5.41) is 10.5. The van der Waals surface area contributed by atoms with Crippen molar-refractivity contribution in [2.45, 2.75) is 39.8 Å². The minimum Gasteiger partial charge on any atom is -0.388 e. The molecule has 0 saturated carbocycles. The summed E-state index contributed by atoms with van der Waals surface area (Å²) in [7, 11) is 1.89. The Labute approximate surface area is 210 Å². The molecule has 0 saturated heterocycles. The van der Waals surface area contributed by atoms with Crippen LogP contribution in [0, 0.1) is 5.41 Å². The van der Waals surface area contributed by atoms with E-state index in [0.717, 1.165) is 59.6 Å². The molecule has 1 aromatic carbocycles. The predicted molar refractivity (Wildman–Crippen MR) is 149 cm³/mol. The second-order valence-corrected chi connectivity index (χ2v) is 9.15. The third-order valence-corrected chi connectivity index (χ3v) is 6.15. The van der Waals surface area contributed by atoms with E-state index >= 15 is 0 Å². The molecule has 0 bridgehead atoms. The Hall–Kier alpha value is -3.70. The van der Waals surface area contributed by atoms with Crippen molar-refractivity contribution in [1.29, 1.82) is 5.41 Å². The van der Waals surface area contributed by atoms with Crippen LogP contribution in [0.25, 0.3) is 11.3 Å². The van der Waals surface area contributed by atoms with Crippen molar-refractivity contribution >= 4 is 17.1 Å². The minimum absolute atomic E-state index is 0.180. The summed E-state index contributed by atoms with van der Waals surface area (Å²) in [5.41, 5.74) is 15.6. The lowest BCUT2D eigenvalue weighted by Gasteiger charge is -2.28. The van der Waals surface area contributed by atoms with Gasteiger partial charge in [0.25, 0.3) is 0 Å². The van der Waals surface area contributed by atoms with Crippen LogP contribution in [0.15, 0.2) is 85.1 Å². The van der Waals surface area contributed by atoms with Gasteiger partial charge in [-0.3, -0.25) is 15.3 Å². The third kappa shape index (κ3) is 7.39. The summed E-state index contributed by atoms with van der Waals surface area (Å²) in [6, 6.07) is 10.9. The molecule has 5 heteroatoms. The van der Waals surface area contributed by atoms with E-state index in [4.69, 9.17) is 16.1 Å². The first-order valence-corrected chi connectivity index (χ1v) is 12.0. The van der Waals surface area contributed by atoms with Crippen molar-refractivity contribution in [1.82, 2.24) is 15.2 Å². The molecule has 4 N–H and O–H groups in total. The van der Waals surface area contributed by atoms with Crippen LogP contribution in [0.3, 0.4) is 0 Å². The van der Waals surface area contributed by atoms with E-state index in [1.807, 2.05) is 33.2 Å². The molecule has 182 valence electrons. The molecule has 2 heterocycles. The van der Waals surface area contributed by atoms with Crippen LogP contribution in [0.1, 0.15) is 48.2 Å². The van der Waals surface area contributed by atoms with E-state index in [1.54, 1.807) is 0 Å². The number of fused-ring (bicyclic) bond motifs is 1. The molecule has 1 aliphatic rings. The van der Waals surface area contributed by atoms with Gasteiger partial charge in [-0.1, -0.05) is 72.9 Å². The Balaban J connectivity index is 1.73. The summed E-state index contributed by atoms with van der Waals surface area (Å²) in [6.07, 6.45) is 11.5. The van der Waals surface area contributed by atoms with Gasteiger partial charge in [-0.15, -0.1) is 0 Å². The molecule has 3 rings (SSSR count). The van der Waals surface area contributed by atoms with E-state index in [2.05, 4.69) is 71.9 Å². The molecule has 0 unspecified atom stereocenters. The fourth-order valence-electron chi connectivity index (χ4n) is 4.28. The van der Waals surface area contributed by atoms with Crippen molar-refractivity contribution in [3.8, 4) is 0 Å². The van der Waals surface area contributed by atoms with Gasteiger partial charge in [-0.05, 0) is 42.2 Å². The van der Waals surface area contributed by atoms with Gasteiger partial charge < -0.3 is 11.1 Å². The zero-order chi connectivity index (χ0) is 25.4. The Morgan fingerprint density at radius 1 is 1.20 bits per heavy atom. The van der Waals surface area contributed by atoms with Crippen molar-refractivity contribution < 1.29 is 0 Å². The maximum absolute atomic E-state index is 7.44. The molecule has 1 aliphatic heterocycles. The van der Waals surface area contributed by atoms with Crippen LogP contribution in [0.2, 0.25) is 0 Å². The Kier molecular flexibility index (Phi) is 8.98. The van der Waals surface area contributed by atoms with Gasteiger partial charge in [0.15, 0.2) is 0 Å². The Morgan fingerprint density at radius 3 is 2.60 bits per heavy atom. The van der Waals surface area contributed by atoms with E-state index in [9.17, 15) is 0 Å². The normalized spacial score (nSPS) is 14.9. The number of hydrogen-bond donors (Lipinski definition) is 3. The largest absolute Gasteiger partial charge is 0.388 e. The van der Waals surface area contributed by atoms with E-state index in [0.29, 0.717) is 6.42 Å². The maximum Gasteiger partial charge on any atom is 0.0946 e. The number of aromatic nitrogens is 1. The first-order valence-electron chi connectivity index (χ1n) is 12.0. The van der Waals surface area contributed by atoms with Crippen molar-refractivity contribution in [3.05, 3.63) is 113 Å². The second-order valence-electron chi connectivity index (χ2n) is 9.15. The van der Waals surface area contributed by atoms with Gasteiger partial charge >= 0.3 is 0 Å². The molecule has 2 aromatic rings. The van der Waals surface area contributed by atoms with Gasteiger partial charge in [0, 0.05) is 62.7 Å². The smallest absolute Gasteiger partial charge is 0.0946 e. The topological polar surface area (TPSA) is 78.0 Å². The summed E-state index contributed by atoms with van der Waals surface area (Å²) in [4.78, 5) is 7.25. The number of amidine groups is 1. The lowest BCUT2D eigenvalue weighted by molar-refractivity contribution is 0.243. The van der Waals surface area contributed by atoms with Crippen LogP contribution < -0.4 is 11.1 Å². The molecule has 0 spiro atoms. The lowest BCUT2D eigenvalue weighted by Crippen LogP contribution is -2.30. The maximum atomic E-state index is 7.44. The van der Waals surface area contributed by atoms with E-state index < -0.39 is 0 Å². The van der Waals surface area contributed by atoms with Crippen LogP contribution in [-0.2, 0) is 19.5 Å². The van der Waals surface area contributed by atoms with Crippen molar-refractivity contribution in [2.24, 2.45) is 5.73 Å². The van der Waals surface area contributed by atoms with E-state index in [-0.39, 0.29) is 5.84 Å². The van der Waals surface area contributed by atoms with Crippen molar-refractivity contribution in [3.63, 3.8) is 0 Å². The third-order valence-electron chi connectivity index (χ3n) is 6.15. The summed E-state index contributed by atoms with van der Waals surface area (Å²) < 4.78 is 0. The highest BCUT2D eigenvalue weighted by Crippen LogP contribution is 2.24. The lowest BCUT2D eigenvalue weighted by atomic mass is 9.99. The Bertz CT molecular complexity index is 1180. The van der Waals surface area contributed by atoms with Crippen LogP contribution >= 0.6 is 0 Å². The fourth-order valence-corrected chi connectivity index (χ4v) is 4.28. The summed E-state index contributed by atoms with van der Waals surface area (Å²) in [5.74, 6) is 0.180. The van der Waals surface area contributed by atoms with E-state index in [1.165, 1.54) is 16.8 Å². The number of nitrogens with one attached hydrogen (secondary N) is 2. The molecule has 0 atom stereocenters. The summed E-state index contributed by atoms with van der Waals surface area (Å²) >= 11 is 0. The zero-order valence-electron chi connectivity index (χ0n) is 21.2. The standard InChI is InChI=1S/C30H37N5/c1-6-25(10-7-21(2)15-22(3)16-30(31)32)27-17-28-20-35(14-13-29(28)34-18-27)19-24-8-11-26(12-9-24)23(4)33-5/h6-12,15,17-18,33H,1,4,13-14,16,19-20H2,2-3,5H3,(H3,31,32)/b21-7+,22-15-,25-10+.